The highest BCUT2D eigenvalue weighted by molar-refractivity contribution is 5.88. The number of hydrogen-bond donors (Lipinski definition) is 0. The van der Waals surface area contributed by atoms with E-state index in [-0.39, 0.29) is 0 Å². The first kappa shape index (κ1) is 34.9. The van der Waals surface area contributed by atoms with Gasteiger partial charge in [0.2, 0.25) is 0 Å². The minimum absolute atomic E-state index is 0.582. The lowest BCUT2D eigenvalue weighted by atomic mass is 9.88. The molecule has 0 saturated carbocycles. The second-order valence-corrected chi connectivity index (χ2v) is 12.9. The Morgan fingerprint density at radius 2 is 0.907 bits per heavy atom. The summed E-state index contributed by atoms with van der Waals surface area (Å²) in [7, 11) is 0. The molecule has 7 aromatic carbocycles. The van der Waals surface area contributed by atoms with Crippen LogP contribution in [0.4, 0.5) is 0 Å². The van der Waals surface area contributed by atoms with Crippen molar-refractivity contribution in [3.63, 3.8) is 0 Å². The van der Waals surface area contributed by atoms with Crippen LogP contribution in [0.15, 0.2) is 207 Å². The quantitative estimate of drug-likeness (QED) is 0.134. The molecule has 0 radical (unpaired) electrons. The fraction of sp³-hybridized carbons (Fsp3) is 0. The highest BCUT2D eigenvalue weighted by Gasteiger charge is 2.15. The summed E-state index contributed by atoms with van der Waals surface area (Å²) in [6.07, 6.45) is 9.27. The van der Waals surface area contributed by atoms with Gasteiger partial charge in [-0.05, 0) is 115 Å². The van der Waals surface area contributed by atoms with E-state index in [0.717, 1.165) is 77.9 Å². The van der Waals surface area contributed by atoms with Gasteiger partial charge < -0.3 is 0 Å². The van der Waals surface area contributed by atoms with Gasteiger partial charge in [0, 0.05) is 11.1 Å². The molecule has 7 rings (SSSR count). The van der Waals surface area contributed by atoms with Crippen LogP contribution >= 0.6 is 0 Å². The first-order valence-corrected chi connectivity index (χ1v) is 17.8. The van der Waals surface area contributed by atoms with Crippen molar-refractivity contribution in [2.45, 2.75) is 0 Å². The van der Waals surface area contributed by atoms with Crippen LogP contribution in [0, 0.1) is 22.7 Å². The molecule has 2 heteroatoms. The maximum Gasteiger partial charge on any atom is 0.100 e. The first-order chi connectivity index (χ1) is 26.6. The fourth-order valence-electron chi connectivity index (χ4n) is 6.82. The molecular weight excluding hydrogens is 653 g/mol. The van der Waals surface area contributed by atoms with Gasteiger partial charge in [0.1, 0.15) is 6.07 Å². The van der Waals surface area contributed by atoms with Crippen LogP contribution in [-0.2, 0) is 0 Å². The highest BCUT2D eigenvalue weighted by Crippen LogP contribution is 2.38. The lowest BCUT2D eigenvalue weighted by Gasteiger charge is -2.15. The lowest BCUT2D eigenvalue weighted by Crippen LogP contribution is -1.92. The summed E-state index contributed by atoms with van der Waals surface area (Å²) in [5.41, 5.74) is 15.3. The number of nitrogens with zero attached hydrogens (tertiary/aromatic N) is 2. The molecule has 0 aromatic heterocycles. The minimum atomic E-state index is 0.582. The Balaban J connectivity index is 1.32. The van der Waals surface area contributed by atoms with E-state index in [2.05, 4.69) is 122 Å². The topological polar surface area (TPSA) is 47.6 Å². The number of rotatable bonds is 10. The van der Waals surface area contributed by atoms with Crippen LogP contribution in [0.1, 0.15) is 16.7 Å². The maximum atomic E-state index is 10.5. The van der Waals surface area contributed by atoms with E-state index in [4.69, 9.17) is 0 Å². The van der Waals surface area contributed by atoms with Crippen LogP contribution < -0.4 is 0 Å². The molecule has 0 unspecified atom stereocenters. The smallest absolute Gasteiger partial charge is 0.100 e. The zero-order valence-corrected chi connectivity index (χ0v) is 29.8. The zero-order valence-electron chi connectivity index (χ0n) is 29.8. The average Bonchev–Trinajstić information content (AvgIpc) is 3.25. The third-order valence-electron chi connectivity index (χ3n) is 9.48. The number of allylic oxidation sites excluding steroid dienone is 6. The molecule has 2 nitrogen and oxygen atoms in total. The molecule has 0 aliphatic heterocycles. The minimum Gasteiger partial charge on any atom is -0.192 e. The Kier molecular flexibility index (Phi) is 10.5. The summed E-state index contributed by atoms with van der Waals surface area (Å²) >= 11 is 0. The van der Waals surface area contributed by atoms with Gasteiger partial charge in [0.25, 0.3) is 0 Å². The van der Waals surface area contributed by atoms with E-state index >= 15 is 0 Å². The molecular formula is C52H36N2. The van der Waals surface area contributed by atoms with Gasteiger partial charge in [-0.15, -0.1) is 0 Å². The van der Waals surface area contributed by atoms with Crippen molar-refractivity contribution in [2.24, 2.45) is 0 Å². The fourth-order valence-corrected chi connectivity index (χ4v) is 6.82. The second kappa shape index (κ2) is 16.2. The van der Waals surface area contributed by atoms with E-state index in [1.54, 1.807) is 12.2 Å². The van der Waals surface area contributed by atoms with E-state index < -0.39 is 0 Å². The molecule has 0 amide bonds. The first-order valence-electron chi connectivity index (χ1n) is 17.8. The summed E-state index contributed by atoms with van der Waals surface area (Å²) < 4.78 is 0. The molecule has 54 heavy (non-hydrogen) atoms. The molecule has 0 N–H and O–H groups in total. The molecule has 0 bridgehead atoms. The van der Waals surface area contributed by atoms with E-state index in [1.807, 2.05) is 85.0 Å². The van der Waals surface area contributed by atoms with Gasteiger partial charge in [0.05, 0.1) is 17.2 Å². The van der Waals surface area contributed by atoms with Crippen LogP contribution in [-0.4, -0.2) is 0 Å². The van der Waals surface area contributed by atoms with E-state index in [1.165, 1.54) is 0 Å². The zero-order chi connectivity index (χ0) is 37.3. The molecule has 254 valence electrons. The Morgan fingerprint density at radius 1 is 0.426 bits per heavy atom. The summed E-state index contributed by atoms with van der Waals surface area (Å²) in [5, 5.41) is 20.4. The average molecular weight is 689 g/mol. The van der Waals surface area contributed by atoms with Gasteiger partial charge >= 0.3 is 0 Å². The van der Waals surface area contributed by atoms with Crippen molar-refractivity contribution in [1.82, 2.24) is 0 Å². The lowest BCUT2D eigenvalue weighted by molar-refractivity contribution is 1.47. The predicted molar refractivity (Wildman–Crippen MR) is 226 cm³/mol. The van der Waals surface area contributed by atoms with Gasteiger partial charge in [-0.3, -0.25) is 0 Å². The van der Waals surface area contributed by atoms with Crippen LogP contribution in [0.5, 0.6) is 0 Å². The van der Waals surface area contributed by atoms with Crippen molar-refractivity contribution >= 4 is 5.57 Å². The normalized spacial score (nSPS) is 11.1. The molecule has 0 atom stereocenters. The molecule has 0 aliphatic rings. The Hall–Kier alpha value is -7.52. The summed E-state index contributed by atoms with van der Waals surface area (Å²) in [6.45, 7) is 7.75. The van der Waals surface area contributed by atoms with Crippen molar-refractivity contribution in [3.8, 4) is 78.9 Å². The largest absolute Gasteiger partial charge is 0.192 e. The van der Waals surface area contributed by atoms with Gasteiger partial charge in [0.15, 0.2) is 0 Å². The molecule has 0 aliphatic carbocycles. The molecule has 0 saturated heterocycles. The van der Waals surface area contributed by atoms with Crippen molar-refractivity contribution in [3.05, 3.63) is 224 Å². The van der Waals surface area contributed by atoms with Gasteiger partial charge in [-0.25, -0.2) is 0 Å². The molecule has 0 spiro atoms. The van der Waals surface area contributed by atoms with E-state index in [9.17, 15) is 10.5 Å². The predicted octanol–water partition coefficient (Wildman–Crippen LogP) is 13.7. The summed E-state index contributed by atoms with van der Waals surface area (Å²) in [4.78, 5) is 0. The Bertz CT molecular complexity index is 2650. The van der Waals surface area contributed by atoms with Crippen LogP contribution in [0.2, 0.25) is 0 Å². The summed E-state index contributed by atoms with van der Waals surface area (Å²) in [5.74, 6) is 0. The van der Waals surface area contributed by atoms with Crippen molar-refractivity contribution < 1.29 is 0 Å². The number of benzene rings is 7. The number of nitriles is 2. The van der Waals surface area contributed by atoms with Gasteiger partial charge in [-0.1, -0.05) is 159 Å². The van der Waals surface area contributed by atoms with Crippen LogP contribution in [0.3, 0.4) is 0 Å². The van der Waals surface area contributed by atoms with Crippen molar-refractivity contribution in [1.29, 1.82) is 10.5 Å². The monoisotopic (exact) mass is 688 g/mol. The SMILES string of the molecule is C=C/C=C\C=C(/C=C)c1cc(C#N)cc(-c2cccc(-c3cccc(-c4cc(-c5ccccc5)cc(-c5cccc(-c6ccccc6)c5C#N)c4)c3)c2)c1. The standard InChI is InChI=1S/C52H36N2/c1-3-5-8-16-38(4-2)45-27-37(35-53)28-46(31-45)43-23-13-21-41(29-43)42-22-14-24-44(30-42)48-32-47(39-17-9-6-10-18-39)33-49(34-48)51-26-15-25-50(52(51)36-54)40-19-11-7-12-20-40/h3-34H,1-2H2/b8-5-,38-16+. The van der Waals surface area contributed by atoms with Crippen LogP contribution in [0.25, 0.3) is 72.3 Å². The second-order valence-electron chi connectivity index (χ2n) is 12.9. The number of hydrogen-bond acceptors (Lipinski definition) is 2. The van der Waals surface area contributed by atoms with Crippen molar-refractivity contribution in [2.75, 3.05) is 0 Å². The Morgan fingerprint density at radius 3 is 1.48 bits per heavy atom. The van der Waals surface area contributed by atoms with Gasteiger partial charge in [-0.2, -0.15) is 10.5 Å². The Labute approximate surface area is 317 Å². The third kappa shape index (κ3) is 7.56. The third-order valence-corrected chi connectivity index (χ3v) is 9.48. The molecule has 0 fully saturated rings. The molecule has 0 heterocycles. The summed E-state index contributed by atoms with van der Waals surface area (Å²) in [6, 6.07) is 60.9. The highest BCUT2D eigenvalue weighted by atomic mass is 14.3. The molecule has 7 aromatic rings. The van der Waals surface area contributed by atoms with E-state index in [0.29, 0.717) is 11.1 Å². The maximum absolute atomic E-state index is 10.5.